The molecule has 0 unspecified atom stereocenters. The van der Waals surface area contributed by atoms with Crippen LogP contribution in [0.4, 0.5) is 5.69 Å². The van der Waals surface area contributed by atoms with Gasteiger partial charge in [0.25, 0.3) is 0 Å². The van der Waals surface area contributed by atoms with Crippen molar-refractivity contribution in [1.29, 1.82) is 0 Å². The van der Waals surface area contributed by atoms with E-state index in [4.69, 9.17) is 4.74 Å². The average molecular weight is 290 g/mol. The first-order chi connectivity index (χ1) is 10.2. The van der Waals surface area contributed by atoms with E-state index in [1.54, 1.807) is 0 Å². The van der Waals surface area contributed by atoms with Crippen LogP contribution in [0.1, 0.15) is 42.1 Å². The number of carbonyl (C=O) groups is 1. The average Bonchev–Trinajstić information content (AvgIpc) is 2.51. The maximum atomic E-state index is 11.7. The van der Waals surface area contributed by atoms with Gasteiger partial charge in [-0.1, -0.05) is 13.0 Å². The number of hydrogen-bond donors (Lipinski definition) is 1. The second kappa shape index (κ2) is 7.46. The fourth-order valence-corrected chi connectivity index (χ4v) is 2.96. The summed E-state index contributed by atoms with van der Waals surface area (Å²) in [5.41, 5.74) is 2.66. The minimum atomic E-state index is -0.270. The number of piperidine rings is 1. The highest BCUT2D eigenvalue weighted by Gasteiger charge is 2.20. The maximum Gasteiger partial charge on any atom is 0.338 e. The lowest BCUT2D eigenvalue weighted by molar-refractivity contribution is 0.0600. The van der Waals surface area contributed by atoms with Gasteiger partial charge in [-0.2, -0.15) is 0 Å². The van der Waals surface area contributed by atoms with Crippen LogP contribution in [-0.4, -0.2) is 43.7 Å². The van der Waals surface area contributed by atoms with Crippen LogP contribution >= 0.6 is 0 Å². The van der Waals surface area contributed by atoms with E-state index in [9.17, 15) is 4.79 Å². The molecule has 0 atom stereocenters. The summed E-state index contributed by atoms with van der Waals surface area (Å²) >= 11 is 0. The molecule has 0 bridgehead atoms. The summed E-state index contributed by atoms with van der Waals surface area (Å²) in [5, 5.41) is 3.60. The molecule has 1 saturated heterocycles. The normalized spacial score (nSPS) is 16.7. The molecule has 4 nitrogen and oxygen atoms in total. The van der Waals surface area contributed by atoms with Crippen molar-refractivity contribution in [3.8, 4) is 0 Å². The topological polar surface area (TPSA) is 41.6 Å². The van der Waals surface area contributed by atoms with E-state index in [1.165, 1.54) is 20.1 Å². The Hall–Kier alpha value is -1.55. The third-order valence-electron chi connectivity index (χ3n) is 4.23. The SMILES string of the molecule is CCCN1CCC(Nc2cccc(C(=O)OC)c2C)CC1. The lowest BCUT2D eigenvalue weighted by atomic mass is 10.0. The molecule has 1 N–H and O–H groups in total. The summed E-state index contributed by atoms with van der Waals surface area (Å²) in [6.45, 7) is 7.71. The van der Waals surface area contributed by atoms with Gasteiger partial charge in [0, 0.05) is 24.8 Å². The molecule has 116 valence electrons. The zero-order valence-corrected chi connectivity index (χ0v) is 13.3. The van der Waals surface area contributed by atoms with Gasteiger partial charge in [-0.25, -0.2) is 4.79 Å². The Morgan fingerprint density at radius 1 is 1.38 bits per heavy atom. The van der Waals surface area contributed by atoms with Crippen LogP contribution in [0.2, 0.25) is 0 Å². The third-order valence-corrected chi connectivity index (χ3v) is 4.23. The second-order valence-corrected chi connectivity index (χ2v) is 5.73. The summed E-state index contributed by atoms with van der Waals surface area (Å²) < 4.78 is 4.83. The molecule has 0 radical (unpaired) electrons. The fourth-order valence-electron chi connectivity index (χ4n) is 2.96. The number of esters is 1. The van der Waals surface area contributed by atoms with Crippen LogP contribution < -0.4 is 5.32 Å². The van der Waals surface area contributed by atoms with E-state index in [-0.39, 0.29) is 5.97 Å². The second-order valence-electron chi connectivity index (χ2n) is 5.73. The van der Waals surface area contributed by atoms with Gasteiger partial charge in [0.15, 0.2) is 0 Å². The number of carbonyl (C=O) groups excluding carboxylic acids is 1. The largest absolute Gasteiger partial charge is 0.465 e. The number of ether oxygens (including phenoxy) is 1. The molecule has 1 heterocycles. The van der Waals surface area contributed by atoms with E-state index in [2.05, 4.69) is 17.1 Å². The molecule has 2 rings (SSSR count). The molecule has 4 heteroatoms. The van der Waals surface area contributed by atoms with Crippen molar-refractivity contribution in [1.82, 2.24) is 4.90 Å². The summed E-state index contributed by atoms with van der Waals surface area (Å²) in [7, 11) is 1.42. The molecule has 1 aromatic rings. The van der Waals surface area contributed by atoms with E-state index in [0.29, 0.717) is 11.6 Å². The number of likely N-dealkylation sites (tertiary alicyclic amines) is 1. The highest BCUT2D eigenvalue weighted by atomic mass is 16.5. The number of methoxy groups -OCH3 is 1. The zero-order valence-electron chi connectivity index (χ0n) is 13.3. The Kier molecular flexibility index (Phi) is 5.62. The monoisotopic (exact) mass is 290 g/mol. The molecular weight excluding hydrogens is 264 g/mol. The molecule has 0 aliphatic carbocycles. The van der Waals surface area contributed by atoms with E-state index in [0.717, 1.165) is 37.2 Å². The molecule has 1 aromatic carbocycles. The lowest BCUT2D eigenvalue weighted by Crippen LogP contribution is -2.39. The number of nitrogens with zero attached hydrogens (tertiary/aromatic N) is 1. The Balaban J connectivity index is 1.99. The van der Waals surface area contributed by atoms with Crippen molar-refractivity contribution < 1.29 is 9.53 Å². The molecule has 0 spiro atoms. The highest BCUT2D eigenvalue weighted by molar-refractivity contribution is 5.92. The smallest absolute Gasteiger partial charge is 0.338 e. The number of benzene rings is 1. The van der Waals surface area contributed by atoms with Gasteiger partial charge in [0.2, 0.25) is 0 Å². The molecule has 0 aromatic heterocycles. The Bertz CT molecular complexity index is 480. The minimum Gasteiger partial charge on any atom is -0.465 e. The van der Waals surface area contributed by atoms with Gasteiger partial charge in [0.05, 0.1) is 12.7 Å². The number of rotatable bonds is 5. The van der Waals surface area contributed by atoms with Crippen molar-refractivity contribution in [2.45, 2.75) is 39.2 Å². The van der Waals surface area contributed by atoms with Crippen LogP contribution in [0.3, 0.4) is 0 Å². The van der Waals surface area contributed by atoms with E-state index in [1.807, 2.05) is 25.1 Å². The first-order valence-electron chi connectivity index (χ1n) is 7.82. The minimum absolute atomic E-state index is 0.270. The Morgan fingerprint density at radius 3 is 2.71 bits per heavy atom. The van der Waals surface area contributed by atoms with Gasteiger partial charge in [-0.3, -0.25) is 0 Å². The van der Waals surface area contributed by atoms with Gasteiger partial charge < -0.3 is 15.0 Å². The lowest BCUT2D eigenvalue weighted by Gasteiger charge is -2.33. The number of nitrogens with one attached hydrogen (secondary N) is 1. The van der Waals surface area contributed by atoms with E-state index >= 15 is 0 Å². The molecule has 1 aliphatic heterocycles. The zero-order chi connectivity index (χ0) is 15.2. The molecule has 0 saturated carbocycles. The fraction of sp³-hybridized carbons (Fsp3) is 0.588. The predicted octanol–water partition coefficient (Wildman–Crippen LogP) is 3.07. The van der Waals surface area contributed by atoms with Gasteiger partial charge in [-0.05, 0) is 50.4 Å². The number of anilines is 1. The molecule has 0 amide bonds. The molecular formula is C17H26N2O2. The first kappa shape index (κ1) is 15.8. The van der Waals surface area contributed by atoms with Crippen molar-refractivity contribution in [3.63, 3.8) is 0 Å². The van der Waals surface area contributed by atoms with Gasteiger partial charge >= 0.3 is 5.97 Å². The summed E-state index contributed by atoms with van der Waals surface area (Å²) in [6.07, 6.45) is 3.53. The quantitative estimate of drug-likeness (QED) is 0.846. The standard InChI is InChI=1S/C17H26N2O2/c1-4-10-19-11-8-14(9-12-19)18-16-7-5-6-15(13(16)2)17(20)21-3/h5-7,14,18H,4,8-12H2,1-3H3. The Labute approximate surface area is 127 Å². The van der Waals surface area contributed by atoms with Crippen molar-refractivity contribution in [2.24, 2.45) is 0 Å². The van der Waals surface area contributed by atoms with Crippen molar-refractivity contribution in [2.75, 3.05) is 32.1 Å². The third kappa shape index (κ3) is 3.97. The van der Waals surface area contributed by atoms with Gasteiger partial charge in [-0.15, -0.1) is 0 Å². The van der Waals surface area contributed by atoms with Gasteiger partial charge in [0.1, 0.15) is 0 Å². The molecule has 21 heavy (non-hydrogen) atoms. The Morgan fingerprint density at radius 2 is 2.10 bits per heavy atom. The van der Waals surface area contributed by atoms with Crippen LogP contribution in [0, 0.1) is 6.92 Å². The molecule has 1 fully saturated rings. The van der Waals surface area contributed by atoms with Crippen LogP contribution in [-0.2, 0) is 4.74 Å². The summed E-state index contributed by atoms with van der Waals surface area (Å²) in [6, 6.07) is 6.26. The van der Waals surface area contributed by atoms with Crippen LogP contribution in [0.5, 0.6) is 0 Å². The number of hydrogen-bond acceptors (Lipinski definition) is 4. The predicted molar refractivity (Wildman–Crippen MR) is 85.9 cm³/mol. The van der Waals surface area contributed by atoms with Crippen molar-refractivity contribution in [3.05, 3.63) is 29.3 Å². The van der Waals surface area contributed by atoms with Crippen molar-refractivity contribution >= 4 is 11.7 Å². The van der Waals surface area contributed by atoms with Crippen LogP contribution in [0.15, 0.2) is 18.2 Å². The summed E-state index contributed by atoms with van der Waals surface area (Å²) in [5.74, 6) is -0.270. The summed E-state index contributed by atoms with van der Waals surface area (Å²) in [4.78, 5) is 14.3. The van der Waals surface area contributed by atoms with E-state index < -0.39 is 0 Å². The first-order valence-corrected chi connectivity index (χ1v) is 7.82. The van der Waals surface area contributed by atoms with Crippen LogP contribution in [0.25, 0.3) is 0 Å². The molecule has 1 aliphatic rings. The highest BCUT2D eigenvalue weighted by Crippen LogP contribution is 2.23. The maximum absolute atomic E-state index is 11.7.